The van der Waals surface area contributed by atoms with Crippen LogP contribution in [0.1, 0.15) is 28.4 Å². The third kappa shape index (κ3) is 5.32. The fourth-order valence-electron chi connectivity index (χ4n) is 2.48. The van der Waals surface area contributed by atoms with E-state index in [0.717, 1.165) is 18.2 Å². The van der Waals surface area contributed by atoms with E-state index in [0.29, 0.717) is 11.1 Å². The molecule has 0 saturated carbocycles. The first-order valence-electron chi connectivity index (χ1n) is 8.41. The molecule has 0 spiro atoms. The van der Waals surface area contributed by atoms with Crippen molar-refractivity contribution in [1.29, 1.82) is 0 Å². The molecule has 2 aromatic carbocycles. The maximum atomic E-state index is 12.4. The molecule has 0 aliphatic carbocycles. The summed E-state index contributed by atoms with van der Waals surface area (Å²) in [6.45, 7) is 4.45. The third-order valence-electron chi connectivity index (χ3n) is 4.24. The van der Waals surface area contributed by atoms with E-state index in [4.69, 9.17) is 21.5 Å². The van der Waals surface area contributed by atoms with Gasteiger partial charge < -0.3 is 10.1 Å². The number of rotatable bonds is 6. The second kappa shape index (κ2) is 8.78. The van der Waals surface area contributed by atoms with Crippen molar-refractivity contribution < 1.29 is 27.7 Å². The third-order valence-corrected chi connectivity index (χ3v) is 5.59. The first-order chi connectivity index (χ1) is 13.8. The number of aryl methyl sites for hydroxylation is 1. The predicted molar refractivity (Wildman–Crippen MR) is 109 cm³/mol. The number of nitro benzene ring substituents is 1. The zero-order valence-corrected chi connectivity index (χ0v) is 17.7. The number of carbonyl (C=O) groups excluding carboxylic acids is 2. The molecule has 0 saturated heterocycles. The minimum Gasteiger partial charge on any atom is -0.449 e. The molecule has 0 aliphatic rings. The van der Waals surface area contributed by atoms with Crippen molar-refractivity contribution in [3.8, 4) is 0 Å². The quantitative estimate of drug-likeness (QED) is 0.384. The fourth-order valence-corrected chi connectivity index (χ4v) is 3.58. The monoisotopic (exact) mass is 455 g/mol. The number of esters is 1. The van der Waals surface area contributed by atoms with Crippen LogP contribution in [0.15, 0.2) is 35.2 Å². The number of nitrogens with zero attached hydrogens (tertiary/aromatic N) is 1. The smallest absolute Gasteiger partial charge is 0.338 e. The second-order valence-corrected chi connectivity index (χ2v) is 8.36. The molecule has 0 aliphatic heterocycles. The van der Waals surface area contributed by atoms with Crippen LogP contribution in [-0.2, 0) is 19.6 Å². The first-order valence-corrected chi connectivity index (χ1v) is 10.3. The van der Waals surface area contributed by atoms with Crippen molar-refractivity contribution in [3.63, 3.8) is 0 Å². The summed E-state index contributed by atoms with van der Waals surface area (Å²) in [4.78, 5) is 34.6. The molecule has 0 heterocycles. The van der Waals surface area contributed by atoms with Crippen molar-refractivity contribution in [2.75, 3.05) is 5.32 Å². The molecule has 0 radical (unpaired) electrons. The van der Waals surface area contributed by atoms with Crippen LogP contribution in [0.25, 0.3) is 0 Å². The molecule has 2 rings (SSSR count). The Hall–Kier alpha value is -3.02. The number of sulfonamides is 1. The minimum absolute atomic E-state index is 0.0666. The van der Waals surface area contributed by atoms with E-state index in [2.05, 4.69) is 5.32 Å². The summed E-state index contributed by atoms with van der Waals surface area (Å²) in [6, 6.07) is 5.97. The van der Waals surface area contributed by atoms with Gasteiger partial charge in [0.2, 0.25) is 10.0 Å². The van der Waals surface area contributed by atoms with Gasteiger partial charge in [0.1, 0.15) is 0 Å². The number of primary sulfonamides is 1. The van der Waals surface area contributed by atoms with Gasteiger partial charge in [-0.15, -0.1) is 0 Å². The summed E-state index contributed by atoms with van der Waals surface area (Å²) in [7, 11) is -4.06. The van der Waals surface area contributed by atoms with E-state index < -0.39 is 32.9 Å². The van der Waals surface area contributed by atoms with Crippen LogP contribution in [0.5, 0.6) is 0 Å². The number of anilines is 1. The lowest BCUT2D eigenvalue weighted by molar-refractivity contribution is -0.384. The van der Waals surface area contributed by atoms with Crippen LogP contribution in [0.2, 0.25) is 5.02 Å². The number of amides is 1. The number of nitrogens with two attached hydrogens (primary N) is 1. The van der Waals surface area contributed by atoms with E-state index in [1.54, 1.807) is 13.8 Å². The molecule has 12 heteroatoms. The number of hydrogen-bond donors (Lipinski definition) is 2. The van der Waals surface area contributed by atoms with Crippen molar-refractivity contribution in [2.24, 2.45) is 5.14 Å². The number of nitro groups is 1. The van der Waals surface area contributed by atoms with E-state index in [1.165, 1.54) is 19.1 Å². The Morgan fingerprint density at radius 3 is 2.40 bits per heavy atom. The largest absolute Gasteiger partial charge is 0.449 e. The van der Waals surface area contributed by atoms with Gasteiger partial charge in [0.05, 0.1) is 26.1 Å². The lowest BCUT2D eigenvalue weighted by Gasteiger charge is -2.15. The maximum Gasteiger partial charge on any atom is 0.338 e. The number of halogens is 1. The first kappa shape index (κ1) is 23.3. The van der Waals surface area contributed by atoms with Gasteiger partial charge in [0.15, 0.2) is 6.10 Å². The van der Waals surface area contributed by atoms with Crippen molar-refractivity contribution >= 4 is 44.9 Å². The molecule has 30 heavy (non-hydrogen) atoms. The minimum atomic E-state index is -4.06. The number of hydrogen-bond acceptors (Lipinski definition) is 7. The van der Waals surface area contributed by atoms with Crippen LogP contribution in [0.3, 0.4) is 0 Å². The number of non-ortho nitro benzene ring substituents is 1. The fraction of sp³-hybridized carbons (Fsp3) is 0.222. The molecule has 1 atom stereocenters. The average molecular weight is 456 g/mol. The van der Waals surface area contributed by atoms with Gasteiger partial charge in [-0.25, -0.2) is 18.4 Å². The Kier molecular flexibility index (Phi) is 6.80. The van der Waals surface area contributed by atoms with E-state index >= 15 is 0 Å². The zero-order chi connectivity index (χ0) is 22.8. The van der Waals surface area contributed by atoms with Gasteiger partial charge in [-0.2, -0.15) is 0 Å². The number of benzene rings is 2. The van der Waals surface area contributed by atoms with Gasteiger partial charge >= 0.3 is 5.97 Å². The molecule has 1 unspecified atom stereocenters. The summed E-state index contributed by atoms with van der Waals surface area (Å²) in [5.74, 6) is -1.67. The summed E-state index contributed by atoms with van der Waals surface area (Å²) in [5, 5.41) is 18.2. The predicted octanol–water partition coefficient (Wildman–Crippen LogP) is 2.70. The van der Waals surface area contributed by atoms with Crippen molar-refractivity contribution in [3.05, 3.63) is 62.2 Å². The number of nitrogens with one attached hydrogen (secondary N) is 1. The molecule has 0 bridgehead atoms. The lowest BCUT2D eigenvalue weighted by atomic mass is 10.1. The molecule has 10 nitrogen and oxygen atoms in total. The SMILES string of the molecule is Cc1cc(C(=O)OC(C)C(=O)Nc2ccc([N+](=O)[O-])cc2Cl)cc(S(N)(=O)=O)c1C. The maximum absolute atomic E-state index is 12.4. The molecular weight excluding hydrogens is 438 g/mol. The van der Waals surface area contributed by atoms with Crippen LogP contribution in [0, 0.1) is 24.0 Å². The Bertz CT molecular complexity index is 1150. The van der Waals surface area contributed by atoms with Crippen LogP contribution in [-0.4, -0.2) is 31.3 Å². The van der Waals surface area contributed by atoms with Gasteiger partial charge in [0.25, 0.3) is 11.6 Å². The molecule has 160 valence electrons. The molecule has 1 amide bonds. The molecule has 2 aromatic rings. The molecular formula is C18H18ClN3O7S. The van der Waals surface area contributed by atoms with Gasteiger partial charge in [-0.1, -0.05) is 11.6 Å². The van der Waals surface area contributed by atoms with Gasteiger partial charge in [-0.3, -0.25) is 14.9 Å². The lowest BCUT2D eigenvalue weighted by Crippen LogP contribution is -2.30. The van der Waals surface area contributed by atoms with Gasteiger partial charge in [0, 0.05) is 12.1 Å². The standard InChI is InChI=1S/C18H18ClN3O7S/c1-9-6-12(7-16(10(9)2)30(20,27)28)18(24)29-11(3)17(23)21-15-5-4-13(22(25)26)8-14(15)19/h4-8,11H,1-3H3,(H,21,23)(H2,20,27,28). The Morgan fingerprint density at radius 2 is 1.87 bits per heavy atom. The van der Waals surface area contributed by atoms with Crippen molar-refractivity contribution in [1.82, 2.24) is 0 Å². The molecule has 0 aromatic heterocycles. The average Bonchev–Trinajstić information content (AvgIpc) is 2.63. The van der Waals surface area contributed by atoms with Crippen LogP contribution < -0.4 is 10.5 Å². The highest BCUT2D eigenvalue weighted by Crippen LogP contribution is 2.27. The number of ether oxygens (including phenoxy) is 1. The number of carbonyl (C=O) groups is 2. The Balaban J connectivity index is 2.17. The highest BCUT2D eigenvalue weighted by atomic mass is 35.5. The molecule has 3 N–H and O–H groups in total. The van der Waals surface area contributed by atoms with Crippen LogP contribution in [0.4, 0.5) is 11.4 Å². The Labute approximate surface area is 177 Å². The van der Waals surface area contributed by atoms with E-state index in [1.807, 2.05) is 0 Å². The second-order valence-electron chi connectivity index (χ2n) is 6.42. The van der Waals surface area contributed by atoms with Gasteiger partial charge in [-0.05, 0) is 50.1 Å². The summed E-state index contributed by atoms with van der Waals surface area (Å²) >= 11 is 5.92. The summed E-state index contributed by atoms with van der Waals surface area (Å²) in [5.41, 5.74) is 0.654. The van der Waals surface area contributed by atoms with Crippen molar-refractivity contribution in [2.45, 2.75) is 31.8 Å². The van der Waals surface area contributed by atoms with E-state index in [-0.39, 0.29) is 26.9 Å². The summed E-state index contributed by atoms with van der Waals surface area (Å²) < 4.78 is 28.5. The van der Waals surface area contributed by atoms with Crippen LogP contribution >= 0.6 is 11.6 Å². The zero-order valence-electron chi connectivity index (χ0n) is 16.1. The highest BCUT2D eigenvalue weighted by Gasteiger charge is 2.23. The highest BCUT2D eigenvalue weighted by molar-refractivity contribution is 7.89. The van der Waals surface area contributed by atoms with E-state index in [9.17, 15) is 28.1 Å². The normalized spacial score (nSPS) is 12.2. The summed E-state index contributed by atoms with van der Waals surface area (Å²) in [6.07, 6.45) is -1.27. The Morgan fingerprint density at radius 1 is 1.23 bits per heavy atom. The molecule has 0 fully saturated rings. The topological polar surface area (TPSA) is 159 Å².